The van der Waals surface area contributed by atoms with E-state index in [2.05, 4.69) is 5.32 Å². The van der Waals surface area contributed by atoms with Crippen molar-refractivity contribution >= 4 is 5.97 Å². The average molecular weight is 285 g/mol. The van der Waals surface area contributed by atoms with Crippen LogP contribution in [-0.4, -0.2) is 51.1 Å². The maximum absolute atomic E-state index is 12.2. The number of nitrogens with one attached hydrogen (secondary N) is 1. The average Bonchev–Trinajstić information content (AvgIpc) is 3.27. The molecule has 0 aromatic rings. The molecule has 0 spiro atoms. The highest BCUT2D eigenvalue weighted by molar-refractivity contribution is 5.81. The van der Waals surface area contributed by atoms with Crippen LogP contribution in [-0.2, 0) is 19.0 Å². The van der Waals surface area contributed by atoms with Gasteiger partial charge in [-0.25, -0.2) is 0 Å². The zero-order valence-electron chi connectivity index (χ0n) is 12.7. The van der Waals surface area contributed by atoms with Gasteiger partial charge in [-0.05, 0) is 38.5 Å². The lowest BCUT2D eigenvalue weighted by Gasteiger charge is -2.39. The minimum absolute atomic E-state index is 0.130. The van der Waals surface area contributed by atoms with Crippen molar-refractivity contribution < 1.29 is 19.0 Å². The van der Waals surface area contributed by atoms with Crippen LogP contribution in [0.3, 0.4) is 0 Å². The number of ether oxygens (including phenoxy) is 3. The summed E-state index contributed by atoms with van der Waals surface area (Å²) >= 11 is 0. The molecule has 1 N–H and O–H groups in total. The third kappa shape index (κ3) is 4.17. The second-order valence-corrected chi connectivity index (χ2v) is 5.93. The fourth-order valence-corrected chi connectivity index (χ4v) is 3.01. The van der Waals surface area contributed by atoms with Crippen LogP contribution >= 0.6 is 0 Å². The molecule has 116 valence electrons. The number of carbonyl (C=O) groups is 1. The van der Waals surface area contributed by atoms with Crippen molar-refractivity contribution in [1.29, 1.82) is 0 Å². The molecule has 2 atom stereocenters. The van der Waals surface area contributed by atoms with Crippen LogP contribution < -0.4 is 5.32 Å². The van der Waals surface area contributed by atoms with E-state index < -0.39 is 5.54 Å². The highest BCUT2D eigenvalue weighted by Gasteiger charge is 2.46. The van der Waals surface area contributed by atoms with E-state index in [4.69, 9.17) is 14.2 Å². The van der Waals surface area contributed by atoms with Gasteiger partial charge in [0.05, 0.1) is 13.2 Å². The van der Waals surface area contributed by atoms with Gasteiger partial charge >= 0.3 is 5.97 Å². The summed E-state index contributed by atoms with van der Waals surface area (Å²) in [6.45, 7) is 1.41. The zero-order chi connectivity index (χ0) is 14.4. The van der Waals surface area contributed by atoms with Crippen LogP contribution in [0, 0.1) is 0 Å². The van der Waals surface area contributed by atoms with Gasteiger partial charge in [-0.2, -0.15) is 0 Å². The molecule has 0 bridgehead atoms. The van der Waals surface area contributed by atoms with E-state index in [1.807, 2.05) is 0 Å². The summed E-state index contributed by atoms with van der Waals surface area (Å²) < 4.78 is 16.0. The summed E-state index contributed by atoms with van der Waals surface area (Å²) in [6, 6.07) is 0.487. The number of hydrogen-bond donors (Lipinski definition) is 1. The van der Waals surface area contributed by atoms with Crippen LogP contribution in [0.4, 0.5) is 0 Å². The SMILES string of the molecule is COCCCOC1CCCC(NC2CC2)(C(=O)OC)C1. The molecule has 2 unspecified atom stereocenters. The summed E-state index contributed by atoms with van der Waals surface area (Å²) in [5.74, 6) is -0.130. The standard InChI is InChI=1S/C15H27NO4/c1-18-9-4-10-20-13-5-3-8-15(11-13,14(17)19-2)16-12-6-7-12/h12-13,16H,3-11H2,1-2H3. The third-order valence-electron chi connectivity index (χ3n) is 4.19. The van der Waals surface area contributed by atoms with Crippen molar-refractivity contribution in [1.82, 2.24) is 5.32 Å². The minimum atomic E-state index is -0.528. The number of hydrogen-bond acceptors (Lipinski definition) is 5. The monoisotopic (exact) mass is 285 g/mol. The fourth-order valence-electron chi connectivity index (χ4n) is 3.01. The lowest BCUT2D eigenvalue weighted by Crippen LogP contribution is -2.57. The molecule has 2 rings (SSSR count). The highest BCUT2D eigenvalue weighted by Crippen LogP contribution is 2.35. The molecule has 0 aromatic carbocycles. The molecule has 2 aliphatic rings. The molecule has 0 aliphatic heterocycles. The van der Waals surface area contributed by atoms with E-state index in [1.165, 1.54) is 7.11 Å². The van der Waals surface area contributed by atoms with Crippen molar-refractivity contribution in [2.24, 2.45) is 0 Å². The molecule has 0 amide bonds. The number of esters is 1. The summed E-state index contributed by atoms with van der Waals surface area (Å²) in [7, 11) is 3.17. The first-order valence-electron chi connectivity index (χ1n) is 7.67. The van der Waals surface area contributed by atoms with Crippen LogP contribution in [0.25, 0.3) is 0 Å². The molecular formula is C15H27NO4. The van der Waals surface area contributed by atoms with Crippen molar-refractivity contribution in [3.8, 4) is 0 Å². The molecule has 20 heavy (non-hydrogen) atoms. The van der Waals surface area contributed by atoms with Gasteiger partial charge < -0.3 is 14.2 Å². The van der Waals surface area contributed by atoms with E-state index in [0.29, 0.717) is 12.6 Å². The van der Waals surface area contributed by atoms with Crippen LogP contribution in [0.1, 0.15) is 44.9 Å². The van der Waals surface area contributed by atoms with Gasteiger partial charge in [0.15, 0.2) is 0 Å². The Kier molecular flexibility index (Phi) is 5.81. The summed E-state index contributed by atoms with van der Waals surface area (Å²) in [5.41, 5.74) is -0.528. The van der Waals surface area contributed by atoms with Gasteiger partial charge in [-0.1, -0.05) is 0 Å². The van der Waals surface area contributed by atoms with Crippen molar-refractivity contribution in [3.63, 3.8) is 0 Å². The normalized spacial score (nSPS) is 30.2. The quantitative estimate of drug-likeness (QED) is 0.543. The summed E-state index contributed by atoms with van der Waals surface area (Å²) in [6.07, 6.45) is 6.98. The molecule has 2 fully saturated rings. The number of methoxy groups -OCH3 is 2. The predicted molar refractivity (Wildman–Crippen MR) is 75.6 cm³/mol. The molecular weight excluding hydrogens is 258 g/mol. The molecule has 2 saturated carbocycles. The molecule has 0 radical (unpaired) electrons. The van der Waals surface area contributed by atoms with Crippen LogP contribution in [0.15, 0.2) is 0 Å². The Bertz CT molecular complexity index is 319. The van der Waals surface area contributed by atoms with E-state index in [0.717, 1.165) is 51.6 Å². The third-order valence-corrected chi connectivity index (χ3v) is 4.19. The Morgan fingerprint density at radius 1 is 1.25 bits per heavy atom. The van der Waals surface area contributed by atoms with Gasteiger partial charge in [0, 0.05) is 32.8 Å². The molecule has 0 aromatic heterocycles. The fraction of sp³-hybridized carbons (Fsp3) is 0.933. The van der Waals surface area contributed by atoms with Gasteiger partial charge in [0.25, 0.3) is 0 Å². The van der Waals surface area contributed by atoms with Gasteiger partial charge in [-0.15, -0.1) is 0 Å². The molecule has 2 aliphatic carbocycles. The van der Waals surface area contributed by atoms with E-state index in [9.17, 15) is 4.79 Å². The van der Waals surface area contributed by atoms with Crippen molar-refractivity contribution in [2.75, 3.05) is 27.4 Å². The summed E-state index contributed by atoms with van der Waals surface area (Å²) in [4.78, 5) is 12.2. The number of carbonyl (C=O) groups excluding carboxylic acids is 1. The first-order chi connectivity index (χ1) is 9.70. The van der Waals surface area contributed by atoms with E-state index in [1.54, 1.807) is 7.11 Å². The second-order valence-electron chi connectivity index (χ2n) is 5.93. The molecule has 0 heterocycles. The van der Waals surface area contributed by atoms with Gasteiger partial charge in [-0.3, -0.25) is 10.1 Å². The van der Waals surface area contributed by atoms with Gasteiger partial charge in [0.2, 0.25) is 0 Å². The molecule has 5 heteroatoms. The Morgan fingerprint density at radius 2 is 2.05 bits per heavy atom. The lowest BCUT2D eigenvalue weighted by atomic mass is 9.79. The second kappa shape index (κ2) is 7.38. The van der Waals surface area contributed by atoms with Crippen molar-refractivity contribution in [3.05, 3.63) is 0 Å². The Labute approximate surface area is 121 Å². The smallest absolute Gasteiger partial charge is 0.326 e. The first kappa shape index (κ1) is 15.7. The highest BCUT2D eigenvalue weighted by atomic mass is 16.5. The van der Waals surface area contributed by atoms with Gasteiger partial charge in [0.1, 0.15) is 5.54 Å². The maximum Gasteiger partial charge on any atom is 0.326 e. The predicted octanol–water partition coefficient (Wildman–Crippen LogP) is 1.65. The van der Waals surface area contributed by atoms with Crippen LogP contribution in [0.5, 0.6) is 0 Å². The maximum atomic E-state index is 12.2. The molecule has 5 nitrogen and oxygen atoms in total. The minimum Gasteiger partial charge on any atom is -0.468 e. The Morgan fingerprint density at radius 3 is 2.70 bits per heavy atom. The Balaban J connectivity index is 1.88. The lowest BCUT2D eigenvalue weighted by molar-refractivity contribution is -0.153. The summed E-state index contributed by atoms with van der Waals surface area (Å²) in [5, 5.41) is 3.51. The first-order valence-corrected chi connectivity index (χ1v) is 7.67. The van der Waals surface area contributed by atoms with E-state index >= 15 is 0 Å². The van der Waals surface area contributed by atoms with E-state index in [-0.39, 0.29) is 12.1 Å². The Hall–Kier alpha value is -0.650. The zero-order valence-corrected chi connectivity index (χ0v) is 12.7. The number of rotatable bonds is 8. The van der Waals surface area contributed by atoms with Crippen LogP contribution in [0.2, 0.25) is 0 Å². The largest absolute Gasteiger partial charge is 0.468 e. The molecule has 0 saturated heterocycles. The topological polar surface area (TPSA) is 56.8 Å². The van der Waals surface area contributed by atoms with Crippen molar-refractivity contribution in [2.45, 2.75) is 62.6 Å².